The van der Waals surface area contributed by atoms with Gasteiger partial charge in [-0.05, 0) is 19.9 Å². The monoisotopic (exact) mass is 208 g/mol. The highest BCUT2D eigenvalue weighted by atomic mass is 16.3. The van der Waals surface area contributed by atoms with Crippen molar-refractivity contribution < 1.29 is 5.11 Å². The maximum atomic E-state index is 9.53. The molecule has 0 saturated carbocycles. The number of nitrogens with two attached hydrogens (primary N) is 1. The predicted molar refractivity (Wildman–Crippen MR) is 61.3 cm³/mol. The van der Waals surface area contributed by atoms with Crippen LogP contribution < -0.4 is 11.1 Å². The maximum absolute atomic E-state index is 9.53. The van der Waals surface area contributed by atoms with E-state index in [1.54, 1.807) is 26.1 Å². The van der Waals surface area contributed by atoms with Gasteiger partial charge in [-0.2, -0.15) is 0 Å². The van der Waals surface area contributed by atoms with Crippen molar-refractivity contribution in [3.8, 4) is 0 Å². The number of nitrogen functional groups attached to an aromatic ring is 1. The topological polar surface area (TPSA) is 95.0 Å². The standard InChI is InChI=1S/C10H16N4O/c1-10(2,15)6-14-9-7(5-11)8(12)3-4-13-9/h3-5,11,15H,6H2,1-2H3,(H3,12,13,14). The molecule has 0 bridgehead atoms. The quantitative estimate of drug-likeness (QED) is 0.551. The molecule has 0 radical (unpaired) electrons. The molecule has 1 rings (SSSR count). The number of pyridine rings is 1. The lowest BCUT2D eigenvalue weighted by Crippen LogP contribution is -2.30. The Morgan fingerprint density at radius 1 is 1.67 bits per heavy atom. The molecule has 0 spiro atoms. The Kier molecular flexibility index (Phi) is 3.26. The number of nitrogens with zero attached hydrogens (tertiary/aromatic N) is 1. The van der Waals surface area contributed by atoms with Crippen molar-refractivity contribution in [1.82, 2.24) is 4.98 Å². The molecule has 1 aromatic heterocycles. The van der Waals surface area contributed by atoms with Crippen molar-refractivity contribution in [2.45, 2.75) is 19.4 Å². The summed E-state index contributed by atoms with van der Waals surface area (Å²) in [5.74, 6) is 0.520. The third kappa shape index (κ3) is 3.21. The first-order chi connectivity index (χ1) is 6.94. The molecular formula is C10H16N4O. The lowest BCUT2D eigenvalue weighted by Gasteiger charge is -2.19. The van der Waals surface area contributed by atoms with E-state index in [1.807, 2.05) is 0 Å². The van der Waals surface area contributed by atoms with Crippen LogP contribution in [0.5, 0.6) is 0 Å². The van der Waals surface area contributed by atoms with Gasteiger partial charge >= 0.3 is 0 Å². The van der Waals surface area contributed by atoms with E-state index in [9.17, 15) is 5.11 Å². The van der Waals surface area contributed by atoms with Gasteiger partial charge in [0.05, 0.1) is 11.2 Å². The van der Waals surface area contributed by atoms with Crippen molar-refractivity contribution in [3.63, 3.8) is 0 Å². The van der Waals surface area contributed by atoms with Crippen molar-refractivity contribution >= 4 is 17.7 Å². The largest absolute Gasteiger partial charge is 0.398 e. The lowest BCUT2D eigenvalue weighted by molar-refractivity contribution is 0.0944. The van der Waals surface area contributed by atoms with Crippen LogP contribution in [0.3, 0.4) is 0 Å². The average Bonchev–Trinajstić information content (AvgIpc) is 2.13. The van der Waals surface area contributed by atoms with Crippen molar-refractivity contribution in [2.75, 3.05) is 17.6 Å². The second kappa shape index (κ2) is 4.27. The summed E-state index contributed by atoms with van der Waals surface area (Å²) in [5, 5.41) is 19.7. The van der Waals surface area contributed by atoms with Crippen LogP contribution in [-0.4, -0.2) is 28.5 Å². The molecule has 0 saturated heterocycles. The molecule has 0 aromatic carbocycles. The smallest absolute Gasteiger partial charge is 0.136 e. The van der Waals surface area contributed by atoms with E-state index in [-0.39, 0.29) is 0 Å². The third-order valence-corrected chi connectivity index (χ3v) is 1.86. The second-order valence-corrected chi connectivity index (χ2v) is 3.97. The average molecular weight is 208 g/mol. The Balaban J connectivity index is 2.85. The van der Waals surface area contributed by atoms with Gasteiger partial charge in [0.15, 0.2) is 0 Å². The molecule has 0 fully saturated rings. The van der Waals surface area contributed by atoms with Crippen molar-refractivity contribution in [1.29, 1.82) is 5.41 Å². The van der Waals surface area contributed by atoms with Crippen LogP contribution >= 0.6 is 0 Å². The molecule has 0 aliphatic heterocycles. The fourth-order valence-corrected chi connectivity index (χ4v) is 1.08. The Hall–Kier alpha value is -1.62. The first-order valence-electron chi connectivity index (χ1n) is 4.65. The number of aromatic nitrogens is 1. The third-order valence-electron chi connectivity index (χ3n) is 1.86. The zero-order chi connectivity index (χ0) is 11.5. The molecule has 5 nitrogen and oxygen atoms in total. The van der Waals surface area contributed by atoms with Crippen molar-refractivity contribution in [2.24, 2.45) is 0 Å². The molecule has 0 aliphatic carbocycles. The minimum Gasteiger partial charge on any atom is -0.398 e. The van der Waals surface area contributed by atoms with Crippen LogP contribution in [0.4, 0.5) is 11.5 Å². The minimum atomic E-state index is -0.828. The molecule has 5 N–H and O–H groups in total. The zero-order valence-corrected chi connectivity index (χ0v) is 8.91. The van der Waals surface area contributed by atoms with E-state index >= 15 is 0 Å². The lowest BCUT2D eigenvalue weighted by atomic mass is 10.1. The van der Waals surface area contributed by atoms with Gasteiger partial charge in [0.2, 0.25) is 0 Å². The van der Waals surface area contributed by atoms with E-state index < -0.39 is 5.60 Å². The van der Waals surface area contributed by atoms with Gasteiger partial charge in [-0.25, -0.2) is 4.98 Å². The van der Waals surface area contributed by atoms with Crippen LogP contribution in [0.1, 0.15) is 19.4 Å². The van der Waals surface area contributed by atoms with Gasteiger partial charge in [-0.3, -0.25) is 0 Å². The first-order valence-corrected chi connectivity index (χ1v) is 4.65. The maximum Gasteiger partial charge on any atom is 0.136 e. The van der Waals surface area contributed by atoms with Gasteiger partial charge in [-0.1, -0.05) is 0 Å². The van der Waals surface area contributed by atoms with E-state index in [1.165, 1.54) is 0 Å². The SMILES string of the molecule is CC(C)(O)CNc1nccc(N)c1C=N. The molecule has 82 valence electrons. The number of rotatable bonds is 4. The molecule has 0 aliphatic rings. The second-order valence-electron chi connectivity index (χ2n) is 3.97. The zero-order valence-electron chi connectivity index (χ0n) is 8.91. The van der Waals surface area contributed by atoms with Gasteiger partial charge in [0.1, 0.15) is 5.82 Å². The Morgan fingerprint density at radius 2 is 2.33 bits per heavy atom. The summed E-state index contributed by atoms with van der Waals surface area (Å²) < 4.78 is 0. The Labute approximate surface area is 88.8 Å². The van der Waals surface area contributed by atoms with Crippen LogP contribution in [0.25, 0.3) is 0 Å². The summed E-state index contributed by atoms with van der Waals surface area (Å²) in [4.78, 5) is 4.06. The Morgan fingerprint density at radius 3 is 2.87 bits per heavy atom. The summed E-state index contributed by atoms with van der Waals surface area (Å²) in [5.41, 5.74) is 5.89. The van der Waals surface area contributed by atoms with Crippen LogP contribution in [0.15, 0.2) is 12.3 Å². The van der Waals surface area contributed by atoms with Gasteiger partial charge in [0, 0.05) is 24.6 Å². The number of hydrogen-bond donors (Lipinski definition) is 4. The van der Waals surface area contributed by atoms with Crippen LogP contribution in [0.2, 0.25) is 0 Å². The molecule has 1 heterocycles. The molecule has 0 amide bonds. The summed E-state index contributed by atoms with van der Waals surface area (Å²) in [6.45, 7) is 3.73. The fourth-order valence-electron chi connectivity index (χ4n) is 1.08. The molecule has 1 aromatic rings. The first kappa shape index (κ1) is 11.5. The normalized spacial score (nSPS) is 11.1. The fraction of sp³-hybridized carbons (Fsp3) is 0.400. The highest BCUT2D eigenvalue weighted by Crippen LogP contribution is 2.17. The molecule has 0 unspecified atom stereocenters. The highest BCUT2D eigenvalue weighted by molar-refractivity contribution is 5.91. The van der Waals surface area contributed by atoms with E-state index in [4.69, 9.17) is 11.1 Å². The van der Waals surface area contributed by atoms with Crippen LogP contribution in [-0.2, 0) is 0 Å². The van der Waals surface area contributed by atoms with Crippen molar-refractivity contribution in [3.05, 3.63) is 17.8 Å². The van der Waals surface area contributed by atoms with Gasteiger partial charge < -0.3 is 21.6 Å². The summed E-state index contributed by atoms with van der Waals surface area (Å²) in [7, 11) is 0. The molecular weight excluding hydrogens is 192 g/mol. The summed E-state index contributed by atoms with van der Waals surface area (Å²) >= 11 is 0. The minimum absolute atomic E-state index is 0.351. The highest BCUT2D eigenvalue weighted by Gasteiger charge is 2.13. The molecule has 5 heteroatoms. The van der Waals surface area contributed by atoms with Crippen LogP contribution in [0, 0.1) is 5.41 Å². The van der Waals surface area contributed by atoms with Gasteiger partial charge in [0.25, 0.3) is 0 Å². The number of hydrogen-bond acceptors (Lipinski definition) is 5. The number of nitrogens with one attached hydrogen (secondary N) is 2. The number of aliphatic hydroxyl groups is 1. The Bertz CT molecular complexity index is 357. The number of anilines is 2. The van der Waals surface area contributed by atoms with E-state index in [0.29, 0.717) is 23.6 Å². The van der Waals surface area contributed by atoms with E-state index in [2.05, 4.69) is 10.3 Å². The summed E-state index contributed by atoms with van der Waals surface area (Å²) in [6.07, 6.45) is 2.71. The predicted octanol–water partition coefficient (Wildman–Crippen LogP) is 0.844. The molecule has 0 atom stereocenters. The summed E-state index contributed by atoms with van der Waals surface area (Å²) in [6, 6.07) is 1.63. The van der Waals surface area contributed by atoms with Gasteiger partial charge in [-0.15, -0.1) is 0 Å². The van der Waals surface area contributed by atoms with E-state index in [0.717, 1.165) is 6.21 Å². The molecule has 15 heavy (non-hydrogen) atoms.